The summed E-state index contributed by atoms with van der Waals surface area (Å²) in [6.07, 6.45) is 0.500. The molecule has 4 nitrogen and oxygen atoms in total. The summed E-state index contributed by atoms with van der Waals surface area (Å²) in [6.45, 7) is 13.9. The Labute approximate surface area is 111 Å². The Bertz CT molecular complexity index is 276. The Morgan fingerprint density at radius 3 is 2.50 bits per heavy atom. The highest BCUT2D eigenvalue weighted by molar-refractivity contribution is 5.76. The van der Waals surface area contributed by atoms with E-state index in [9.17, 15) is 4.79 Å². The van der Waals surface area contributed by atoms with Gasteiger partial charge in [-0.25, -0.2) is 0 Å². The van der Waals surface area contributed by atoms with Crippen molar-refractivity contribution in [1.29, 1.82) is 0 Å². The average molecular weight is 256 g/mol. The quantitative estimate of drug-likeness (QED) is 0.802. The van der Waals surface area contributed by atoms with Gasteiger partial charge in [0.25, 0.3) is 0 Å². The molecular formula is C14H28N2O2. The normalized spacial score (nSPS) is 21.7. The SMILES string of the molecule is CC(C)(C)C(C)(C)CNC(=O)CC1COCCN1. The number of carbonyl (C=O) groups excluding carboxylic acids is 1. The summed E-state index contributed by atoms with van der Waals surface area (Å²) in [5.41, 5.74) is 0.256. The first-order chi connectivity index (χ1) is 8.22. The van der Waals surface area contributed by atoms with Gasteiger partial charge < -0.3 is 15.4 Å². The summed E-state index contributed by atoms with van der Waals surface area (Å²) in [6, 6.07) is 0.163. The van der Waals surface area contributed by atoms with Crippen LogP contribution < -0.4 is 10.6 Å². The molecule has 1 aliphatic heterocycles. The van der Waals surface area contributed by atoms with Gasteiger partial charge in [-0.1, -0.05) is 34.6 Å². The standard InChI is InChI=1S/C14H28N2O2/c1-13(2,3)14(4,5)10-16-12(17)8-11-9-18-7-6-15-11/h11,15H,6-10H2,1-5H3,(H,16,17). The van der Waals surface area contributed by atoms with Crippen molar-refractivity contribution in [1.82, 2.24) is 10.6 Å². The molecule has 1 aliphatic rings. The average Bonchev–Trinajstić information content (AvgIpc) is 2.26. The molecule has 1 rings (SSSR count). The number of rotatable bonds is 4. The second kappa shape index (κ2) is 6.02. The van der Waals surface area contributed by atoms with Gasteiger partial charge in [0.1, 0.15) is 0 Å². The molecule has 2 N–H and O–H groups in total. The van der Waals surface area contributed by atoms with Crippen LogP contribution in [0.1, 0.15) is 41.0 Å². The second-order valence-corrected chi connectivity index (χ2v) is 6.84. The van der Waals surface area contributed by atoms with E-state index in [0.29, 0.717) is 19.6 Å². The molecule has 0 saturated carbocycles. The van der Waals surface area contributed by atoms with E-state index in [0.717, 1.165) is 13.2 Å². The van der Waals surface area contributed by atoms with Crippen LogP contribution in [0.15, 0.2) is 0 Å². The lowest BCUT2D eigenvalue weighted by molar-refractivity contribution is -0.123. The molecule has 4 heteroatoms. The highest BCUT2D eigenvalue weighted by atomic mass is 16.5. The number of morpholine rings is 1. The van der Waals surface area contributed by atoms with Crippen LogP contribution in [-0.4, -0.2) is 38.3 Å². The van der Waals surface area contributed by atoms with E-state index in [-0.39, 0.29) is 22.8 Å². The number of carbonyl (C=O) groups is 1. The Morgan fingerprint density at radius 1 is 1.33 bits per heavy atom. The van der Waals surface area contributed by atoms with E-state index < -0.39 is 0 Å². The predicted molar refractivity (Wildman–Crippen MR) is 73.5 cm³/mol. The molecule has 0 radical (unpaired) electrons. The number of hydrogen-bond acceptors (Lipinski definition) is 3. The highest BCUT2D eigenvalue weighted by Crippen LogP contribution is 2.36. The smallest absolute Gasteiger partial charge is 0.221 e. The zero-order valence-electron chi connectivity index (χ0n) is 12.4. The third-order valence-electron chi connectivity index (χ3n) is 4.19. The lowest BCUT2D eigenvalue weighted by Crippen LogP contribution is -2.46. The highest BCUT2D eigenvalue weighted by Gasteiger charge is 2.33. The monoisotopic (exact) mass is 256 g/mol. The summed E-state index contributed by atoms with van der Waals surface area (Å²) in [5, 5.41) is 6.33. The third-order valence-corrected chi connectivity index (χ3v) is 4.19. The van der Waals surface area contributed by atoms with E-state index in [1.165, 1.54) is 0 Å². The molecule has 0 aliphatic carbocycles. The summed E-state index contributed by atoms with van der Waals surface area (Å²) in [5.74, 6) is 0.107. The summed E-state index contributed by atoms with van der Waals surface area (Å²) < 4.78 is 5.34. The number of nitrogens with one attached hydrogen (secondary N) is 2. The first-order valence-electron chi connectivity index (χ1n) is 6.80. The Kier molecular flexibility index (Phi) is 5.17. The Balaban J connectivity index is 2.32. The fraction of sp³-hybridized carbons (Fsp3) is 0.929. The molecule has 1 saturated heterocycles. The summed E-state index contributed by atoms with van der Waals surface area (Å²) in [7, 11) is 0. The van der Waals surface area contributed by atoms with Crippen molar-refractivity contribution < 1.29 is 9.53 Å². The van der Waals surface area contributed by atoms with Crippen LogP contribution in [-0.2, 0) is 9.53 Å². The van der Waals surface area contributed by atoms with E-state index >= 15 is 0 Å². The minimum Gasteiger partial charge on any atom is -0.378 e. The number of ether oxygens (including phenoxy) is 1. The van der Waals surface area contributed by atoms with Crippen LogP contribution in [0.3, 0.4) is 0 Å². The minimum absolute atomic E-state index is 0.0825. The number of hydrogen-bond donors (Lipinski definition) is 2. The predicted octanol–water partition coefficient (Wildman–Crippen LogP) is 1.55. The fourth-order valence-electron chi connectivity index (χ4n) is 1.63. The lowest BCUT2D eigenvalue weighted by atomic mass is 9.69. The van der Waals surface area contributed by atoms with Gasteiger partial charge in [-0.05, 0) is 10.8 Å². The molecule has 1 fully saturated rings. The molecule has 0 aromatic carbocycles. The summed E-state index contributed by atoms with van der Waals surface area (Å²) in [4.78, 5) is 11.9. The maximum atomic E-state index is 11.9. The van der Waals surface area contributed by atoms with Gasteiger partial charge in [0.05, 0.1) is 13.2 Å². The van der Waals surface area contributed by atoms with Gasteiger partial charge in [0.15, 0.2) is 0 Å². The van der Waals surface area contributed by atoms with Crippen molar-refractivity contribution in [2.24, 2.45) is 10.8 Å². The molecule has 1 amide bonds. The molecule has 1 unspecified atom stereocenters. The molecule has 106 valence electrons. The first kappa shape index (κ1) is 15.4. The van der Waals surface area contributed by atoms with Crippen LogP contribution >= 0.6 is 0 Å². The number of amides is 1. The molecule has 1 atom stereocenters. The topological polar surface area (TPSA) is 50.4 Å². The molecule has 0 spiro atoms. The lowest BCUT2D eigenvalue weighted by Gasteiger charge is -2.39. The van der Waals surface area contributed by atoms with E-state index in [1.54, 1.807) is 0 Å². The zero-order chi connectivity index (χ0) is 13.8. The van der Waals surface area contributed by atoms with Gasteiger partial charge in [-0.15, -0.1) is 0 Å². The molecular weight excluding hydrogens is 228 g/mol. The maximum absolute atomic E-state index is 11.9. The Morgan fingerprint density at radius 2 is 2.00 bits per heavy atom. The van der Waals surface area contributed by atoms with Crippen molar-refractivity contribution in [2.45, 2.75) is 47.1 Å². The van der Waals surface area contributed by atoms with Crippen LogP contribution in [0.2, 0.25) is 0 Å². The molecule has 0 aromatic heterocycles. The largest absolute Gasteiger partial charge is 0.378 e. The van der Waals surface area contributed by atoms with Gasteiger partial charge in [0, 0.05) is 25.6 Å². The van der Waals surface area contributed by atoms with Crippen molar-refractivity contribution in [3.63, 3.8) is 0 Å². The van der Waals surface area contributed by atoms with Gasteiger partial charge in [-0.3, -0.25) is 4.79 Å². The first-order valence-corrected chi connectivity index (χ1v) is 6.80. The third kappa shape index (κ3) is 4.58. The van der Waals surface area contributed by atoms with Crippen molar-refractivity contribution >= 4 is 5.91 Å². The van der Waals surface area contributed by atoms with E-state index in [2.05, 4.69) is 45.3 Å². The zero-order valence-corrected chi connectivity index (χ0v) is 12.4. The van der Waals surface area contributed by atoms with Crippen LogP contribution in [0, 0.1) is 10.8 Å². The van der Waals surface area contributed by atoms with Gasteiger partial charge in [-0.2, -0.15) is 0 Å². The van der Waals surface area contributed by atoms with Crippen molar-refractivity contribution in [3.8, 4) is 0 Å². The molecule has 0 bridgehead atoms. The van der Waals surface area contributed by atoms with Crippen molar-refractivity contribution in [3.05, 3.63) is 0 Å². The van der Waals surface area contributed by atoms with Crippen molar-refractivity contribution in [2.75, 3.05) is 26.3 Å². The fourth-order valence-corrected chi connectivity index (χ4v) is 1.63. The van der Waals surface area contributed by atoms with E-state index in [4.69, 9.17) is 4.74 Å². The van der Waals surface area contributed by atoms with Crippen LogP contribution in [0.25, 0.3) is 0 Å². The minimum atomic E-state index is 0.0825. The maximum Gasteiger partial charge on any atom is 0.221 e. The van der Waals surface area contributed by atoms with E-state index in [1.807, 2.05) is 0 Å². The van der Waals surface area contributed by atoms with Gasteiger partial charge in [0.2, 0.25) is 5.91 Å². The second-order valence-electron chi connectivity index (χ2n) is 6.84. The van der Waals surface area contributed by atoms with Crippen LogP contribution in [0.4, 0.5) is 0 Å². The van der Waals surface area contributed by atoms with Crippen LogP contribution in [0.5, 0.6) is 0 Å². The Hall–Kier alpha value is -0.610. The molecule has 1 heterocycles. The van der Waals surface area contributed by atoms with Gasteiger partial charge >= 0.3 is 0 Å². The molecule has 0 aromatic rings. The molecule has 18 heavy (non-hydrogen) atoms. The summed E-state index contributed by atoms with van der Waals surface area (Å²) >= 11 is 0.